The summed E-state index contributed by atoms with van der Waals surface area (Å²) in [5.74, 6) is 0.858. The molecular weight excluding hydrogens is 600 g/mol. The third-order valence-corrected chi connectivity index (χ3v) is 8.65. The summed E-state index contributed by atoms with van der Waals surface area (Å²) in [7, 11) is 0. The minimum absolute atomic E-state index is 0.145. The molecule has 3 aromatic rings. The number of hydrogen-bond donors (Lipinski definition) is 1. The summed E-state index contributed by atoms with van der Waals surface area (Å²) in [5.41, 5.74) is -0.300. The Kier molecular flexibility index (Phi) is 9.64. The second-order valence-electron chi connectivity index (χ2n) is 13.2. The van der Waals surface area contributed by atoms with Crippen molar-refractivity contribution in [3.63, 3.8) is 0 Å². The lowest BCUT2D eigenvalue weighted by Gasteiger charge is -2.30. The van der Waals surface area contributed by atoms with Crippen LogP contribution in [0, 0.1) is 17.6 Å². The first-order chi connectivity index (χ1) is 22.1. The van der Waals surface area contributed by atoms with Crippen LogP contribution in [-0.4, -0.2) is 90.3 Å². The van der Waals surface area contributed by atoms with E-state index in [0.717, 1.165) is 51.1 Å². The van der Waals surface area contributed by atoms with Gasteiger partial charge in [0.2, 0.25) is 17.7 Å². The van der Waals surface area contributed by atoms with Gasteiger partial charge in [-0.1, -0.05) is 0 Å². The van der Waals surface area contributed by atoms with E-state index in [4.69, 9.17) is 18.7 Å². The van der Waals surface area contributed by atoms with Gasteiger partial charge in [0.15, 0.2) is 5.75 Å². The maximum absolute atomic E-state index is 14.8. The van der Waals surface area contributed by atoms with Gasteiger partial charge in [-0.25, -0.2) is 18.7 Å². The number of nitrogens with zero attached hydrogens (tertiary/aromatic N) is 6. The Morgan fingerprint density at radius 1 is 1.07 bits per heavy atom. The van der Waals surface area contributed by atoms with Gasteiger partial charge in [-0.15, -0.1) is 0 Å². The molecule has 1 aromatic carbocycles. The molecular formula is C32H41F2N7O5. The van der Waals surface area contributed by atoms with Gasteiger partial charge in [0.1, 0.15) is 18.2 Å². The molecule has 14 heteroatoms. The summed E-state index contributed by atoms with van der Waals surface area (Å²) < 4.78 is 51.5. The van der Waals surface area contributed by atoms with Crippen LogP contribution in [0.1, 0.15) is 63.3 Å². The largest absolute Gasteiger partial charge is 0.490 e. The first-order valence-electron chi connectivity index (χ1n) is 15.9. The van der Waals surface area contributed by atoms with E-state index >= 15 is 0 Å². The summed E-state index contributed by atoms with van der Waals surface area (Å²) in [6.07, 6.45) is 5.99. The van der Waals surface area contributed by atoms with Crippen LogP contribution in [-0.2, 0) is 14.3 Å². The molecule has 248 valence electrons. The first kappa shape index (κ1) is 32.0. The molecule has 1 N–H and O–H groups in total. The summed E-state index contributed by atoms with van der Waals surface area (Å²) in [5, 5.41) is 7.13. The van der Waals surface area contributed by atoms with Crippen LogP contribution in [0.2, 0.25) is 0 Å². The molecule has 3 saturated heterocycles. The van der Waals surface area contributed by atoms with Gasteiger partial charge in [-0.3, -0.25) is 4.79 Å². The highest BCUT2D eigenvalue weighted by Crippen LogP contribution is 2.33. The summed E-state index contributed by atoms with van der Waals surface area (Å²) >= 11 is 0. The monoisotopic (exact) mass is 641 g/mol. The highest BCUT2D eigenvalue weighted by molar-refractivity contribution is 5.78. The fraction of sp³-hybridized carbons (Fsp3) is 0.594. The van der Waals surface area contributed by atoms with E-state index in [1.165, 1.54) is 6.07 Å². The van der Waals surface area contributed by atoms with E-state index in [-0.39, 0.29) is 24.0 Å². The lowest BCUT2D eigenvalue weighted by Crippen LogP contribution is -2.43. The van der Waals surface area contributed by atoms with Crippen molar-refractivity contribution in [2.75, 3.05) is 62.4 Å². The zero-order valence-electron chi connectivity index (χ0n) is 26.5. The Bertz CT molecular complexity index is 1470. The Morgan fingerprint density at radius 3 is 2.57 bits per heavy atom. The van der Waals surface area contributed by atoms with Crippen molar-refractivity contribution in [1.29, 1.82) is 0 Å². The molecule has 3 aliphatic rings. The van der Waals surface area contributed by atoms with Crippen LogP contribution < -0.4 is 19.9 Å². The number of piperidine rings is 1. The third-order valence-electron chi connectivity index (χ3n) is 8.65. The number of carbonyl (C=O) groups is 1. The smallest absolute Gasteiger partial charge is 0.266 e. The maximum atomic E-state index is 14.8. The number of anilines is 2. The van der Waals surface area contributed by atoms with Crippen molar-refractivity contribution >= 4 is 17.8 Å². The van der Waals surface area contributed by atoms with E-state index in [2.05, 4.69) is 30.3 Å². The van der Waals surface area contributed by atoms with E-state index < -0.39 is 29.2 Å². The summed E-state index contributed by atoms with van der Waals surface area (Å²) in [6, 6.07) is 2.86. The lowest BCUT2D eigenvalue weighted by molar-refractivity contribution is -0.131. The zero-order valence-corrected chi connectivity index (χ0v) is 26.5. The number of aromatic nitrogens is 4. The fourth-order valence-corrected chi connectivity index (χ4v) is 6.07. The van der Waals surface area contributed by atoms with E-state index in [0.29, 0.717) is 55.8 Å². The van der Waals surface area contributed by atoms with Crippen molar-refractivity contribution in [3.05, 3.63) is 53.7 Å². The number of ether oxygens (including phenoxy) is 3. The van der Waals surface area contributed by atoms with E-state index in [9.17, 15) is 13.6 Å². The number of benzene rings is 1. The molecule has 0 bridgehead atoms. The number of amides is 1. The maximum Gasteiger partial charge on any atom is 0.266 e. The molecule has 6 rings (SSSR count). The zero-order chi connectivity index (χ0) is 32.3. The number of hydrogen-bond acceptors (Lipinski definition) is 11. The van der Waals surface area contributed by atoms with Crippen LogP contribution in [0.4, 0.5) is 20.7 Å². The molecule has 46 heavy (non-hydrogen) atoms. The molecule has 5 heterocycles. The highest BCUT2D eigenvalue weighted by Gasteiger charge is 2.38. The van der Waals surface area contributed by atoms with Gasteiger partial charge in [0.25, 0.3) is 5.95 Å². The van der Waals surface area contributed by atoms with Gasteiger partial charge in [0.05, 0.1) is 43.2 Å². The molecule has 3 aliphatic heterocycles. The van der Waals surface area contributed by atoms with E-state index in [1.54, 1.807) is 12.4 Å². The minimum Gasteiger partial charge on any atom is -0.490 e. The van der Waals surface area contributed by atoms with Crippen molar-refractivity contribution < 1.29 is 32.3 Å². The first-order valence-corrected chi connectivity index (χ1v) is 15.9. The summed E-state index contributed by atoms with van der Waals surface area (Å²) in [6.45, 7) is 9.55. The standard InChI is InChI=1S/C32H41F2N7O5/c1-32(2,3)45-19-28(42)37-27-16-41(15-25(27)24-12-22(33)4-5-26(24)34)30-35-13-23(14-36-30)44-17-20-6-9-40(10-7-20)31-38-29(46-39-31)21-8-11-43-18-21/h4-5,12-14,20-21,25,27H,6-11,15-19H2,1-3H3,(H,37,42)/t21?,25-,27?/m1/s1. The SMILES string of the molecule is CC(C)(C)OCC(=O)NC1CN(c2ncc(OCC3CCN(c4noc(C5CCOC5)n4)CC3)cn2)C[C@@H]1c1cc(F)ccc1F. The number of rotatable bonds is 10. The molecule has 1 amide bonds. The number of halogens is 2. The number of carbonyl (C=O) groups excluding carboxylic acids is 1. The molecule has 2 unspecified atom stereocenters. The highest BCUT2D eigenvalue weighted by atomic mass is 19.1. The average Bonchev–Trinajstić information content (AvgIpc) is 3.82. The van der Waals surface area contributed by atoms with E-state index in [1.807, 2.05) is 25.7 Å². The summed E-state index contributed by atoms with van der Waals surface area (Å²) in [4.78, 5) is 30.3. The average molecular weight is 642 g/mol. The topological polar surface area (TPSA) is 128 Å². The van der Waals surface area contributed by atoms with Crippen molar-refractivity contribution in [3.8, 4) is 5.75 Å². The fourth-order valence-electron chi connectivity index (χ4n) is 6.07. The number of nitrogens with one attached hydrogen (secondary N) is 1. The lowest BCUT2D eigenvalue weighted by atomic mass is 9.93. The van der Waals surface area contributed by atoms with Crippen molar-refractivity contribution in [1.82, 2.24) is 25.4 Å². The van der Waals surface area contributed by atoms with Gasteiger partial charge in [-0.2, -0.15) is 4.98 Å². The Labute approximate surface area is 266 Å². The Balaban J connectivity index is 1.02. The van der Waals surface area contributed by atoms with Crippen molar-refractivity contribution in [2.24, 2.45) is 5.92 Å². The second kappa shape index (κ2) is 13.8. The van der Waals surface area contributed by atoms with Crippen LogP contribution in [0.15, 0.2) is 35.1 Å². The van der Waals surface area contributed by atoms with Gasteiger partial charge < -0.3 is 33.9 Å². The molecule has 2 aromatic heterocycles. The van der Waals surface area contributed by atoms with Crippen LogP contribution in [0.25, 0.3) is 0 Å². The van der Waals surface area contributed by atoms with Crippen LogP contribution in [0.3, 0.4) is 0 Å². The quantitative estimate of drug-likeness (QED) is 0.347. The van der Waals surface area contributed by atoms with Crippen LogP contribution in [0.5, 0.6) is 5.75 Å². The Hall–Kier alpha value is -3.91. The second-order valence-corrected chi connectivity index (χ2v) is 13.2. The molecule has 3 fully saturated rings. The predicted octanol–water partition coefficient (Wildman–Crippen LogP) is 3.84. The normalized spacial score (nSPS) is 22.4. The molecule has 0 radical (unpaired) electrons. The van der Waals surface area contributed by atoms with Crippen molar-refractivity contribution in [2.45, 2.75) is 63.5 Å². The predicted molar refractivity (Wildman–Crippen MR) is 164 cm³/mol. The van der Waals surface area contributed by atoms with Gasteiger partial charge in [0, 0.05) is 38.7 Å². The van der Waals surface area contributed by atoms with Gasteiger partial charge in [-0.05, 0) is 74.9 Å². The molecule has 3 atom stereocenters. The van der Waals surface area contributed by atoms with Gasteiger partial charge >= 0.3 is 0 Å². The minimum atomic E-state index is -0.543. The third kappa shape index (κ3) is 7.89. The Morgan fingerprint density at radius 2 is 1.85 bits per heavy atom. The molecule has 12 nitrogen and oxygen atoms in total. The van der Waals surface area contributed by atoms with Crippen LogP contribution >= 0.6 is 0 Å². The molecule has 0 spiro atoms. The molecule has 0 aliphatic carbocycles. The molecule has 0 saturated carbocycles.